The molecule has 2 aromatic rings. The van der Waals surface area contributed by atoms with Crippen molar-refractivity contribution in [2.75, 3.05) is 6.54 Å². The van der Waals surface area contributed by atoms with Gasteiger partial charge in [0.2, 0.25) is 0 Å². The van der Waals surface area contributed by atoms with Gasteiger partial charge in [-0.25, -0.2) is 4.98 Å². The number of benzene rings is 1. The first-order valence-corrected chi connectivity index (χ1v) is 21.8. The van der Waals surface area contributed by atoms with Gasteiger partial charge in [-0.05, 0) is 133 Å². The van der Waals surface area contributed by atoms with Gasteiger partial charge in [-0.15, -0.1) is 0 Å². The van der Waals surface area contributed by atoms with Gasteiger partial charge in [-0.1, -0.05) is 61.0 Å². The number of H-pyrrole nitrogens is 1. The van der Waals surface area contributed by atoms with Crippen molar-refractivity contribution in [3.8, 4) is 0 Å². The van der Waals surface area contributed by atoms with Crippen molar-refractivity contribution in [1.29, 1.82) is 0 Å². The number of rotatable bonds is 8. The number of aromatic amines is 1. The molecule has 7 aliphatic rings. The number of hydrogen-bond acceptors (Lipinski definition) is 7. The van der Waals surface area contributed by atoms with Gasteiger partial charge in [0, 0.05) is 29.4 Å². The Labute approximate surface area is 336 Å². The molecule has 4 N–H and O–H groups in total. The molecule has 1 heterocycles. The first-order chi connectivity index (χ1) is 26.7. The lowest BCUT2D eigenvalue weighted by Crippen LogP contribution is -2.65. The van der Waals surface area contributed by atoms with E-state index in [2.05, 4.69) is 56.8 Å². The highest BCUT2D eigenvalue weighted by Crippen LogP contribution is 2.87. The Balaban J connectivity index is 0.964. The van der Waals surface area contributed by atoms with Crippen LogP contribution in [0.2, 0.25) is 0 Å². The van der Waals surface area contributed by atoms with Crippen molar-refractivity contribution in [2.45, 2.75) is 138 Å². The highest BCUT2D eigenvalue weighted by atomic mass is 16.5. The van der Waals surface area contributed by atoms with E-state index in [0.29, 0.717) is 30.7 Å². The van der Waals surface area contributed by atoms with Crippen LogP contribution in [-0.4, -0.2) is 62.6 Å². The van der Waals surface area contributed by atoms with E-state index < -0.39 is 28.8 Å². The van der Waals surface area contributed by atoms with Gasteiger partial charge in [-0.3, -0.25) is 19.2 Å². The van der Waals surface area contributed by atoms with E-state index in [1.165, 1.54) is 5.57 Å². The molecule has 6 fully saturated rings. The second kappa shape index (κ2) is 12.3. The minimum absolute atomic E-state index is 0.0160. The lowest BCUT2D eigenvalue weighted by atomic mass is 9.33. The summed E-state index contributed by atoms with van der Waals surface area (Å²) >= 11 is 0. The Morgan fingerprint density at radius 3 is 2.37 bits per heavy atom. The van der Waals surface area contributed by atoms with Crippen LogP contribution in [0.5, 0.6) is 0 Å². The van der Waals surface area contributed by atoms with Gasteiger partial charge in [0.25, 0.3) is 5.91 Å². The predicted molar refractivity (Wildman–Crippen MR) is 215 cm³/mol. The monoisotopic (exact) mass is 781 g/mol. The number of fused-ring (bicyclic) bond motifs is 7. The summed E-state index contributed by atoms with van der Waals surface area (Å²) < 4.78 is 6.45. The van der Waals surface area contributed by atoms with Crippen LogP contribution < -0.4 is 5.32 Å². The van der Waals surface area contributed by atoms with Crippen molar-refractivity contribution in [3.63, 3.8) is 0 Å². The van der Waals surface area contributed by atoms with E-state index in [0.717, 1.165) is 68.0 Å². The van der Waals surface area contributed by atoms with Crippen LogP contribution in [0.3, 0.4) is 0 Å². The molecule has 57 heavy (non-hydrogen) atoms. The quantitative estimate of drug-likeness (QED) is 0.196. The zero-order valence-corrected chi connectivity index (χ0v) is 35.2. The number of carboxylic acid groups (broad SMARTS) is 1. The third-order valence-corrected chi connectivity index (χ3v) is 19.3. The van der Waals surface area contributed by atoms with Gasteiger partial charge in [0.1, 0.15) is 6.10 Å². The summed E-state index contributed by atoms with van der Waals surface area (Å²) in [7, 11) is 0. The Morgan fingerprint density at radius 2 is 1.67 bits per heavy atom. The van der Waals surface area contributed by atoms with Crippen molar-refractivity contribution >= 4 is 34.7 Å². The summed E-state index contributed by atoms with van der Waals surface area (Å²) in [5.41, 5.74) is 2.89. The van der Waals surface area contributed by atoms with Crippen molar-refractivity contribution < 1.29 is 34.1 Å². The number of aromatic nitrogens is 2. The molecule has 10 nitrogen and oxygen atoms in total. The Kier molecular flexibility index (Phi) is 8.38. The van der Waals surface area contributed by atoms with Crippen LogP contribution >= 0.6 is 0 Å². The topological polar surface area (TPSA) is 159 Å². The number of ether oxygens (including phenoxy) is 1. The summed E-state index contributed by atoms with van der Waals surface area (Å²) in [6.07, 6.45) is 9.94. The van der Waals surface area contributed by atoms with Crippen molar-refractivity contribution in [1.82, 2.24) is 15.3 Å². The maximum Gasteiger partial charge on any atom is 0.309 e. The lowest BCUT2D eigenvalue weighted by molar-refractivity contribution is -0.223. The number of esters is 1. The molecule has 308 valence electrons. The molecular formula is C47H63N3O7. The predicted octanol–water partition coefficient (Wildman–Crippen LogP) is 8.05. The number of allylic oxidation sites excluding steroid dienone is 1. The zero-order valence-electron chi connectivity index (χ0n) is 35.2. The van der Waals surface area contributed by atoms with Gasteiger partial charge < -0.3 is 25.3 Å². The fourth-order valence-electron chi connectivity index (χ4n) is 15.6. The van der Waals surface area contributed by atoms with Crippen LogP contribution in [0.15, 0.2) is 35.7 Å². The number of imidazole rings is 1. The first-order valence-electron chi connectivity index (χ1n) is 21.8. The van der Waals surface area contributed by atoms with Gasteiger partial charge >= 0.3 is 11.9 Å². The standard InChI is InChI=1S/C47H63N3O7/c1-25(2)36-32(51)21-46(34(52)22-48-38(53)26-9-11-30-31(19-26)50-24-49-30)17-15-42(5)27(37(36)46)10-12-33-43(42,6)16-18-47-23-45(47,8)35(13-14-44(33,47)7)57-40(56)29-20-28(39(54)55)41(29,3)4/h9,11,19,24-25,27-29,33-35,52H,10,12-18,20-23H2,1-8H3,(H,48,53)(H,49,50)(H,54,55)/t27?,28-,29+,33-,34-,35-,42+,43?,44?,45+,46-,47-/m0/s1. The molecular weight excluding hydrogens is 719 g/mol. The maximum atomic E-state index is 14.1. The summed E-state index contributed by atoms with van der Waals surface area (Å²) in [5.74, 6) is -1.35. The molecule has 3 unspecified atom stereocenters. The number of carboxylic acids is 1. The van der Waals surface area contributed by atoms with E-state index in [-0.39, 0.29) is 75.1 Å². The average molecular weight is 782 g/mol. The normalized spacial score (nSPS) is 43.2. The van der Waals surface area contributed by atoms with Crippen LogP contribution in [0.4, 0.5) is 0 Å². The summed E-state index contributed by atoms with van der Waals surface area (Å²) in [5, 5.41) is 24.9. The molecule has 0 bridgehead atoms. The molecule has 6 saturated carbocycles. The molecule has 9 rings (SSSR count). The van der Waals surface area contributed by atoms with Gasteiger partial charge in [-0.2, -0.15) is 0 Å². The minimum Gasteiger partial charge on any atom is -0.481 e. The fourth-order valence-corrected chi connectivity index (χ4v) is 15.6. The molecule has 1 spiro atoms. The number of nitrogens with one attached hydrogen (secondary N) is 2. The van der Waals surface area contributed by atoms with Crippen molar-refractivity contribution in [2.24, 2.45) is 67.5 Å². The maximum absolute atomic E-state index is 14.1. The second-order valence-electron chi connectivity index (χ2n) is 21.7. The number of amides is 1. The number of carbonyl (C=O) groups is 4. The van der Waals surface area contributed by atoms with Crippen LogP contribution in [0.25, 0.3) is 11.0 Å². The number of aliphatic hydroxyl groups is 1. The number of aliphatic carboxylic acids is 1. The first kappa shape index (κ1) is 39.0. The number of aliphatic hydroxyl groups excluding tert-OH is 1. The molecule has 10 heteroatoms. The Morgan fingerprint density at radius 1 is 0.930 bits per heavy atom. The third kappa shape index (κ3) is 4.88. The minimum atomic E-state index is -0.888. The van der Waals surface area contributed by atoms with Crippen LogP contribution in [-0.2, 0) is 19.1 Å². The highest BCUT2D eigenvalue weighted by molar-refractivity contribution is 6.01. The summed E-state index contributed by atoms with van der Waals surface area (Å²) in [6.45, 7) is 18.1. The second-order valence-corrected chi connectivity index (χ2v) is 21.7. The largest absolute Gasteiger partial charge is 0.481 e. The van der Waals surface area contributed by atoms with Crippen LogP contribution in [0.1, 0.15) is 136 Å². The molecule has 1 aromatic heterocycles. The number of ketones is 1. The number of nitrogens with zero attached hydrogens (tertiary/aromatic N) is 1. The fraction of sp³-hybridized carbons (Fsp3) is 0.723. The number of carbonyl (C=O) groups excluding carboxylic acids is 3. The number of Topliss-reactive ketones (excluding diaryl/α,β-unsaturated/α-hetero) is 1. The third-order valence-electron chi connectivity index (χ3n) is 19.3. The van der Waals surface area contributed by atoms with E-state index in [1.807, 2.05) is 19.9 Å². The Hall–Kier alpha value is -3.53. The molecule has 0 radical (unpaired) electrons. The van der Waals surface area contributed by atoms with Crippen molar-refractivity contribution in [3.05, 3.63) is 41.2 Å². The highest BCUT2D eigenvalue weighted by Gasteiger charge is 2.82. The smallest absolute Gasteiger partial charge is 0.309 e. The lowest BCUT2D eigenvalue weighted by Gasteiger charge is -2.71. The molecule has 12 atom stereocenters. The molecule has 1 amide bonds. The Bertz CT molecular complexity index is 2120. The molecule has 1 aromatic carbocycles. The van der Waals surface area contributed by atoms with E-state index in [1.54, 1.807) is 18.5 Å². The summed E-state index contributed by atoms with van der Waals surface area (Å²) in [4.78, 5) is 60.3. The van der Waals surface area contributed by atoms with Gasteiger partial charge in [0.05, 0.1) is 35.3 Å². The average Bonchev–Trinajstić information content (AvgIpc) is 3.39. The van der Waals surface area contributed by atoms with E-state index in [4.69, 9.17) is 4.74 Å². The van der Waals surface area contributed by atoms with Gasteiger partial charge in [0.15, 0.2) is 5.78 Å². The van der Waals surface area contributed by atoms with Crippen LogP contribution in [0, 0.1) is 67.5 Å². The van der Waals surface area contributed by atoms with E-state index >= 15 is 0 Å². The zero-order chi connectivity index (χ0) is 40.9. The number of hydrogen-bond donors (Lipinski definition) is 4. The molecule has 7 aliphatic carbocycles. The summed E-state index contributed by atoms with van der Waals surface area (Å²) in [6, 6.07) is 5.34. The molecule has 0 aliphatic heterocycles. The molecule has 0 saturated heterocycles. The SMILES string of the molecule is CC(C)C1=C2C3CC[C@@H]4C5(C)CC[C@H](OC(=O)[C@H]6C[C@@H](C(=O)O)C6(C)C)[C@@]6(C)C[C@@]56CCC4(C)[C@]3(C)CC[C@@]2([C@@H](O)CNC(=O)c2ccc3nc[nH]c3c2)CC1=O. The van der Waals surface area contributed by atoms with E-state index in [9.17, 15) is 29.4 Å².